The van der Waals surface area contributed by atoms with Crippen molar-refractivity contribution in [2.75, 3.05) is 0 Å². The Labute approximate surface area is 242 Å². The van der Waals surface area contributed by atoms with Crippen LogP contribution in [-0.2, 0) is 14.0 Å². The van der Waals surface area contributed by atoms with Crippen molar-refractivity contribution >= 4 is 14.3 Å². The van der Waals surface area contributed by atoms with Gasteiger partial charge in [-0.1, -0.05) is 80.7 Å². The third kappa shape index (κ3) is 5.17. The summed E-state index contributed by atoms with van der Waals surface area (Å²) in [4.78, 5) is 14.3. The van der Waals surface area contributed by atoms with Gasteiger partial charge in [0.1, 0.15) is 5.76 Å². The van der Waals surface area contributed by atoms with Gasteiger partial charge in [0.2, 0.25) is 0 Å². The Kier molecular flexibility index (Phi) is 9.39. The lowest BCUT2D eigenvalue weighted by molar-refractivity contribution is -0.175. The van der Waals surface area contributed by atoms with E-state index in [1.807, 2.05) is 6.08 Å². The standard InChI is InChI=1S/C35H60O3Si/c1-10-21-35-24-27(38-39(11-2,12-3)13-4)19-23-34(35,9)30-20-22-33(8)28(26(7)16-14-15-25(5)6)17-18-29(33)31(30)37-32(35)36/h10,25-29H,1,11-24H2,2-9H3/t26-,27+,28-,29+,33-,34-,35-/m1/s1. The van der Waals surface area contributed by atoms with Crippen molar-refractivity contribution in [1.82, 2.24) is 0 Å². The van der Waals surface area contributed by atoms with Gasteiger partial charge in [0.25, 0.3) is 0 Å². The second kappa shape index (κ2) is 11.8. The van der Waals surface area contributed by atoms with E-state index < -0.39 is 13.7 Å². The number of carbonyl (C=O) groups excluding carboxylic acids is 1. The summed E-state index contributed by atoms with van der Waals surface area (Å²) >= 11 is 0. The summed E-state index contributed by atoms with van der Waals surface area (Å²) in [5, 5.41) is 0. The highest BCUT2D eigenvalue weighted by Crippen LogP contribution is 2.68. The molecule has 4 aliphatic rings. The number of hydrogen-bond acceptors (Lipinski definition) is 3. The molecule has 2 saturated carbocycles. The van der Waals surface area contributed by atoms with Crippen LogP contribution in [-0.4, -0.2) is 20.4 Å². The SMILES string of the molecule is C=CC[C@]12C[C@@H](O[Si](CC)(CC)CC)CC[C@]1(C)C1=C(OC2=O)[C@@H]2CC[C@H]([C@H](C)CCCC(C)C)[C@@]2(C)CC1. The Morgan fingerprint density at radius 1 is 1.05 bits per heavy atom. The lowest BCUT2D eigenvalue weighted by atomic mass is 9.48. The molecular formula is C35H60O3Si. The summed E-state index contributed by atoms with van der Waals surface area (Å²) in [5.41, 5.74) is 1.05. The van der Waals surface area contributed by atoms with E-state index in [4.69, 9.17) is 9.16 Å². The number of fused-ring (bicyclic) bond motifs is 4. The molecule has 7 atom stereocenters. The van der Waals surface area contributed by atoms with Gasteiger partial charge in [-0.05, 0) is 98.2 Å². The molecule has 0 bridgehead atoms. The zero-order valence-electron chi connectivity index (χ0n) is 26.8. The fourth-order valence-electron chi connectivity index (χ4n) is 9.89. The first-order chi connectivity index (χ1) is 18.5. The number of allylic oxidation sites excluding steroid dienone is 3. The van der Waals surface area contributed by atoms with Crippen molar-refractivity contribution in [2.45, 2.75) is 150 Å². The Hall–Kier alpha value is -0.873. The summed E-state index contributed by atoms with van der Waals surface area (Å²) in [6.07, 6.45) is 14.5. The summed E-state index contributed by atoms with van der Waals surface area (Å²) in [6.45, 7) is 23.2. The molecular weight excluding hydrogens is 496 g/mol. The van der Waals surface area contributed by atoms with E-state index in [0.717, 1.165) is 67.3 Å². The molecule has 0 N–H and O–H groups in total. The molecule has 0 aromatic heterocycles. The number of esters is 1. The Bertz CT molecular complexity index is 926. The van der Waals surface area contributed by atoms with Crippen LogP contribution in [0.5, 0.6) is 0 Å². The van der Waals surface area contributed by atoms with Gasteiger partial charge in [0, 0.05) is 17.4 Å². The van der Waals surface area contributed by atoms with Crippen LogP contribution < -0.4 is 0 Å². The molecule has 3 nitrogen and oxygen atoms in total. The third-order valence-electron chi connectivity index (χ3n) is 12.8. The molecule has 0 amide bonds. The molecule has 222 valence electrons. The zero-order chi connectivity index (χ0) is 28.6. The van der Waals surface area contributed by atoms with Crippen molar-refractivity contribution in [1.29, 1.82) is 0 Å². The molecule has 1 aliphatic heterocycles. The van der Waals surface area contributed by atoms with Crippen LogP contribution >= 0.6 is 0 Å². The zero-order valence-corrected chi connectivity index (χ0v) is 27.8. The summed E-state index contributed by atoms with van der Waals surface area (Å²) in [5.74, 6) is 3.78. The molecule has 2 fully saturated rings. The highest BCUT2D eigenvalue weighted by atomic mass is 28.4. The van der Waals surface area contributed by atoms with Crippen molar-refractivity contribution < 1.29 is 14.0 Å². The fraction of sp³-hybridized carbons (Fsp3) is 0.857. The number of carbonyl (C=O) groups is 1. The minimum Gasteiger partial charge on any atom is -0.430 e. The normalized spacial score (nSPS) is 37.3. The van der Waals surface area contributed by atoms with Crippen molar-refractivity contribution in [2.24, 2.45) is 39.9 Å². The number of hydrogen-bond donors (Lipinski definition) is 0. The van der Waals surface area contributed by atoms with E-state index >= 15 is 0 Å². The predicted octanol–water partition coefficient (Wildman–Crippen LogP) is 10.2. The van der Waals surface area contributed by atoms with Gasteiger partial charge in [-0.2, -0.15) is 0 Å². The first kappa shape index (κ1) is 31.1. The molecule has 3 aliphatic carbocycles. The molecule has 0 spiro atoms. The van der Waals surface area contributed by atoms with Crippen LogP contribution in [0.2, 0.25) is 18.1 Å². The van der Waals surface area contributed by atoms with Crippen LogP contribution in [0.3, 0.4) is 0 Å². The number of rotatable bonds is 12. The number of ether oxygens (including phenoxy) is 1. The second-order valence-corrected chi connectivity index (χ2v) is 19.6. The molecule has 0 radical (unpaired) electrons. The molecule has 0 aromatic carbocycles. The van der Waals surface area contributed by atoms with Gasteiger partial charge < -0.3 is 9.16 Å². The summed E-state index contributed by atoms with van der Waals surface area (Å²) in [7, 11) is -1.75. The Morgan fingerprint density at radius 3 is 2.36 bits per heavy atom. The minimum atomic E-state index is -1.75. The lowest BCUT2D eigenvalue weighted by Gasteiger charge is -2.59. The van der Waals surface area contributed by atoms with E-state index in [0.29, 0.717) is 12.3 Å². The maximum atomic E-state index is 14.3. The highest BCUT2D eigenvalue weighted by Gasteiger charge is 2.65. The Balaban J connectivity index is 1.62. The summed E-state index contributed by atoms with van der Waals surface area (Å²) < 4.78 is 13.6. The highest BCUT2D eigenvalue weighted by molar-refractivity contribution is 6.73. The molecule has 0 aromatic rings. The quantitative estimate of drug-likeness (QED) is 0.136. The third-order valence-corrected chi connectivity index (χ3v) is 17.5. The maximum absolute atomic E-state index is 14.3. The monoisotopic (exact) mass is 556 g/mol. The van der Waals surface area contributed by atoms with Gasteiger partial charge in [-0.25, -0.2) is 0 Å². The second-order valence-electron chi connectivity index (χ2n) is 14.9. The van der Waals surface area contributed by atoms with Crippen molar-refractivity contribution in [3.8, 4) is 0 Å². The van der Waals surface area contributed by atoms with Gasteiger partial charge >= 0.3 is 5.97 Å². The van der Waals surface area contributed by atoms with Crippen LogP contribution in [0.1, 0.15) is 126 Å². The predicted molar refractivity (Wildman–Crippen MR) is 166 cm³/mol. The summed E-state index contributed by atoms with van der Waals surface area (Å²) in [6, 6.07) is 3.46. The van der Waals surface area contributed by atoms with Crippen LogP contribution in [0, 0.1) is 39.9 Å². The van der Waals surface area contributed by atoms with Gasteiger partial charge in [0.05, 0.1) is 5.41 Å². The average Bonchev–Trinajstić information content (AvgIpc) is 3.26. The molecule has 0 unspecified atom stereocenters. The lowest BCUT2D eigenvalue weighted by Crippen LogP contribution is -2.58. The van der Waals surface area contributed by atoms with E-state index in [1.54, 1.807) is 0 Å². The molecule has 39 heavy (non-hydrogen) atoms. The van der Waals surface area contributed by atoms with Gasteiger partial charge in [0.15, 0.2) is 8.32 Å². The average molecular weight is 557 g/mol. The Morgan fingerprint density at radius 2 is 1.74 bits per heavy atom. The first-order valence-corrected chi connectivity index (χ1v) is 19.2. The van der Waals surface area contributed by atoms with Gasteiger partial charge in [-0.3, -0.25) is 4.79 Å². The van der Waals surface area contributed by atoms with Crippen LogP contribution in [0.4, 0.5) is 0 Å². The van der Waals surface area contributed by atoms with E-state index in [-0.39, 0.29) is 22.9 Å². The molecule has 0 saturated heterocycles. The van der Waals surface area contributed by atoms with E-state index in [2.05, 4.69) is 62.0 Å². The van der Waals surface area contributed by atoms with Gasteiger partial charge in [-0.15, -0.1) is 6.58 Å². The minimum absolute atomic E-state index is 0.0198. The largest absolute Gasteiger partial charge is 0.430 e. The van der Waals surface area contributed by atoms with Crippen LogP contribution in [0.15, 0.2) is 24.0 Å². The van der Waals surface area contributed by atoms with Crippen molar-refractivity contribution in [3.05, 3.63) is 24.0 Å². The van der Waals surface area contributed by atoms with Crippen molar-refractivity contribution in [3.63, 3.8) is 0 Å². The fourth-order valence-corrected chi connectivity index (χ4v) is 12.8. The smallest absolute Gasteiger partial charge is 0.318 e. The molecule has 4 heteroatoms. The topological polar surface area (TPSA) is 35.5 Å². The van der Waals surface area contributed by atoms with E-state index in [1.165, 1.54) is 44.1 Å². The van der Waals surface area contributed by atoms with Crippen LogP contribution in [0.25, 0.3) is 0 Å². The molecule has 1 heterocycles. The first-order valence-electron chi connectivity index (χ1n) is 16.7. The maximum Gasteiger partial charge on any atom is 0.318 e. The van der Waals surface area contributed by atoms with E-state index in [9.17, 15) is 4.79 Å². The molecule has 4 rings (SSSR count).